The minimum atomic E-state index is -0.319. The number of benzene rings is 2. The average Bonchev–Trinajstić information content (AvgIpc) is 2.65. The number of nitrogens with one attached hydrogen (secondary N) is 2. The summed E-state index contributed by atoms with van der Waals surface area (Å²) in [6.07, 6.45) is 0. The Hall–Kier alpha value is -3.41. The van der Waals surface area contributed by atoms with Crippen LogP contribution in [0.4, 0.5) is 17.3 Å². The number of aromatic nitrogens is 2. The van der Waals surface area contributed by atoms with Gasteiger partial charge in [-0.05, 0) is 50.6 Å². The minimum absolute atomic E-state index is 0.282. The van der Waals surface area contributed by atoms with E-state index in [1.54, 1.807) is 12.1 Å². The normalized spacial score (nSPS) is 10.3. The van der Waals surface area contributed by atoms with Crippen molar-refractivity contribution in [2.24, 2.45) is 0 Å². The molecular formula is C21H22N4O2. The molecule has 2 N–H and O–H groups in total. The van der Waals surface area contributed by atoms with Crippen LogP contribution < -0.4 is 15.4 Å². The summed E-state index contributed by atoms with van der Waals surface area (Å²) in [5.41, 5.74) is 3.55. The third-order valence-corrected chi connectivity index (χ3v) is 3.91. The van der Waals surface area contributed by atoms with Gasteiger partial charge in [-0.1, -0.05) is 30.3 Å². The Balaban J connectivity index is 1.83. The van der Waals surface area contributed by atoms with Crippen LogP contribution >= 0.6 is 0 Å². The minimum Gasteiger partial charge on any atom is -0.492 e. The zero-order valence-electron chi connectivity index (χ0n) is 15.6. The highest BCUT2D eigenvalue weighted by Gasteiger charge is 2.13. The van der Waals surface area contributed by atoms with Crippen molar-refractivity contribution in [1.29, 1.82) is 0 Å². The molecule has 1 aromatic heterocycles. The van der Waals surface area contributed by atoms with E-state index in [4.69, 9.17) is 4.74 Å². The lowest BCUT2D eigenvalue weighted by molar-refractivity contribution is 0.102. The molecule has 1 amide bonds. The molecule has 1 heterocycles. The molecule has 0 aliphatic carbocycles. The molecule has 0 aliphatic rings. The quantitative estimate of drug-likeness (QED) is 0.676. The molecular weight excluding hydrogens is 340 g/mol. The third-order valence-electron chi connectivity index (χ3n) is 3.91. The van der Waals surface area contributed by atoms with Crippen molar-refractivity contribution in [3.63, 3.8) is 0 Å². The predicted molar refractivity (Wildman–Crippen MR) is 107 cm³/mol. The van der Waals surface area contributed by atoms with Crippen molar-refractivity contribution in [3.05, 3.63) is 71.5 Å². The van der Waals surface area contributed by atoms with Crippen LogP contribution in [0.2, 0.25) is 0 Å². The number of carbonyl (C=O) groups excluding carboxylic acids is 1. The second kappa shape index (κ2) is 8.31. The molecule has 0 saturated carbocycles. The van der Waals surface area contributed by atoms with Crippen molar-refractivity contribution in [1.82, 2.24) is 9.97 Å². The van der Waals surface area contributed by atoms with Gasteiger partial charge in [-0.25, -0.2) is 9.97 Å². The van der Waals surface area contributed by atoms with Crippen molar-refractivity contribution < 1.29 is 9.53 Å². The molecule has 0 atom stereocenters. The van der Waals surface area contributed by atoms with E-state index in [1.807, 2.05) is 63.2 Å². The first kappa shape index (κ1) is 18.4. The zero-order chi connectivity index (χ0) is 19.2. The second-order valence-corrected chi connectivity index (χ2v) is 6.04. The van der Waals surface area contributed by atoms with Crippen LogP contribution in [-0.2, 0) is 0 Å². The molecule has 138 valence electrons. The van der Waals surface area contributed by atoms with Crippen LogP contribution in [0.3, 0.4) is 0 Å². The van der Waals surface area contributed by atoms with E-state index in [9.17, 15) is 4.79 Å². The number of para-hydroxylation sites is 3. The zero-order valence-corrected chi connectivity index (χ0v) is 15.6. The van der Waals surface area contributed by atoms with Crippen molar-refractivity contribution >= 4 is 23.2 Å². The molecule has 0 unspecified atom stereocenters. The van der Waals surface area contributed by atoms with E-state index in [2.05, 4.69) is 20.6 Å². The van der Waals surface area contributed by atoms with Crippen LogP contribution in [0.25, 0.3) is 0 Å². The number of anilines is 3. The first-order valence-corrected chi connectivity index (χ1v) is 8.78. The molecule has 6 heteroatoms. The molecule has 0 bridgehead atoms. The van der Waals surface area contributed by atoms with E-state index in [1.165, 1.54) is 0 Å². The van der Waals surface area contributed by atoms with E-state index in [0.717, 1.165) is 11.3 Å². The first-order valence-electron chi connectivity index (χ1n) is 8.78. The Morgan fingerprint density at radius 2 is 1.70 bits per heavy atom. The fourth-order valence-electron chi connectivity index (χ4n) is 2.61. The van der Waals surface area contributed by atoms with E-state index >= 15 is 0 Å². The molecule has 6 nitrogen and oxygen atoms in total. The predicted octanol–water partition coefficient (Wildman–Crippen LogP) is 4.49. The van der Waals surface area contributed by atoms with Crippen molar-refractivity contribution in [2.45, 2.75) is 20.8 Å². The maximum Gasteiger partial charge on any atom is 0.274 e. The topological polar surface area (TPSA) is 76.1 Å². The fraction of sp³-hybridized carbons (Fsp3) is 0.190. The summed E-state index contributed by atoms with van der Waals surface area (Å²) in [6, 6.07) is 16.8. The maximum absolute atomic E-state index is 12.7. The molecule has 0 aliphatic heterocycles. The van der Waals surface area contributed by atoms with Gasteiger partial charge in [0.1, 0.15) is 11.4 Å². The molecule has 3 rings (SSSR count). The van der Waals surface area contributed by atoms with Gasteiger partial charge in [0.2, 0.25) is 5.95 Å². The average molecular weight is 362 g/mol. The van der Waals surface area contributed by atoms with E-state index in [0.29, 0.717) is 29.7 Å². The Kier molecular flexibility index (Phi) is 5.66. The number of hydrogen-bond donors (Lipinski definition) is 2. The highest BCUT2D eigenvalue weighted by molar-refractivity contribution is 6.03. The van der Waals surface area contributed by atoms with Gasteiger partial charge in [-0.2, -0.15) is 0 Å². The van der Waals surface area contributed by atoms with Gasteiger partial charge in [0.05, 0.1) is 12.3 Å². The standard InChI is InChI=1S/C21H22N4O2/c1-4-27-19-12-8-7-11-17(19)23-20(26)18-13-15(3)22-21(25-18)24-16-10-6-5-9-14(16)2/h5-13H,4H2,1-3H3,(H,23,26)(H,22,24,25). The number of carbonyl (C=O) groups is 1. The third kappa shape index (κ3) is 4.61. The van der Waals surface area contributed by atoms with Crippen molar-refractivity contribution in [3.8, 4) is 5.75 Å². The lowest BCUT2D eigenvalue weighted by atomic mass is 10.2. The lowest BCUT2D eigenvalue weighted by Gasteiger charge is -2.12. The van der Waals surface area contributed by atoms with Gasteiger partial charge in [0.25, 0.3) is 5.91 Å². The summed E-state index contributed by atoms with van der Waals surface area (Å²) in [6.45, 7) is 6.24. The summed E-state index contributed by atoms with van der Waals surface area (Å²) in [5, 5.41) is 6.04. The first-order chi connectivity index (χ1) is 13.1. The lowest BCUT2D eigenvalue weighted by Crippen LogP contribution is -2.16. The van der Waals surface area contributed by atoms with E-state index < -0.39 is 0 Å². The van der Waals surface area contributed by atoms with Gasteiger partial charge >= 0.3 is 0 Å². The SMILES string of the molecule is CCOc1ccccc1NC(=O)c1cc(C)nc(Nc2ccccc2C)n1. The van der Waals surface area contributed by atoms with Gasteiger partial charge in [0.15, 0.2) is 0 Å². The van der Waals surface area contributed by atoms with Crippen LogP contribution in [0.1, 0.15) is 28.7 Å². The van der Waals surface area contributed by atoms with Crippen LogP contribution in [-0.4, -0.2) is 22.5 Å². The largest absolute Gasteiger partial charge is 0.492 e. The van der Waals surface area contributed by atoms with Crippen LogP contribution in [0.15, 0.2) is 54.6 Å². The fourth-order valence-corrected chi connectivity index (χ4v) is 2.61. The summed E-state index contributed by atoms with van der Waals surface area (Å²) >= 11 is 0. The van der Waals surface area contributed by atoms with Gasteiger partial charge in [-0.15, -0.1) is 0 Å². The molecule has 3 aromatic rings. The van der Waals surface area contributed by atoms with Gasteiger partial charge in [0, 0.05) is 11.4 Å². The maximum atomic E-state index is 12.7. The molecule has 27 heavy (non-hydrogen) atoms. The van der Waals surface area contributed by atoms with Gasteiger partial charge < -0.3 is 15.4 Å². The monoisotopic (exact) mass is 362 g/mol. The highest BCUT2D eigenvalue weighted by Crippen LogP contribution is 2.24. The Labute approximate surface area is 158 Å². The Bertz CT molecular complexity index is 956. The number of ether oxygens (including phenoxy) is 1. The molecule has 0 spiro atoms. The smallest absolute Gasteiger partial charge is 0.274 e. The van der Waals surface area contributed by atoms with Gasteiger partial charge in [-0.3, -0.25) is 4.79 Å². The number of amides is 1. The number of rotatable bonds is 6. The number of nitrogens with zero attached hydrogens (tertiary/aromatic N) is 2. The van der Waals surface area contributed by atoms with Crippen LogP contribution in [0.5, 0.6) is 5.75 Å². The summed E-state index contributed by atoms with van der Waals surface area (Å²) in [5.74, 6) is 0.686. The summed E-state index contributed by atoms with van der Waals surface area (Å²) < 4.78 is 5.55. The molecule has 0 fully saturated rings. The summed E-state index contributed by atoms with van der Waals surface area (Å²) in [4.78, 5) is 21.5. The second-order valence-electron chi connectivity index (χ2n) is 6.04. The molecule has 0 saturated heterocycles. The number of aryl methyl sites for hydroxylation is 2. The Morgan fingerprint density at radius 3 is 2.44 bits per heavy atom. The molecule has 0 radical (unpaired) electrons. The van der Waals surface area contributed by atoms with E-state index in [-0.39, 0.29) is 11.6 Å². The van der Waals surface area contributed by atoms with Crippen LogP contribution in [0, 0.1) is 13.8 Å². The summed E-state index contributed by atoms with van der Waals surface area (Å²) in [7, 11) is 0. The Morgan fingerprint density at radius 1 is 1.00 bits per heavy atom. The number of hydrogen-bond acceptors (Lipinski definition) is 5. The highest BCUT2D eigenvalue weighted by atomic mass is 16.5. The van der Waals surface area contributed by atoms with Crippen molar-refractivity contribution in [2.75, 3.05) is 17.2 Å². The molecule has 2 aromatic carbocycles.